The molecular formula is C20H18N2S. The molecule has 0 radical (unpaired) electrons. The molecule has 0 amide bonds. The first kappa shape index (κ1) is 14.3. The second-order valence-corrected chi connectivity index (χ2v) is 6.88. The van der Waals surface area contributed by atoms with Crippen LogP contribution in [-0.2, 0) is 6.54 Å². The molecule has 23 heavy (non-hydrogen) atoms. The summed E-state index contributed by atoms with van der Waals surface area (Å²) in [6, 6.07) is 23.7. The summed E-state index contributed by atoms with van der Waals surface area (Å²) >= 11 is 1.83. The summed E-state index contributed by atoms with van der Waals surface area (Å²) in [5.74, 6) is 0. The van der Waals surface area contributed by atoms with E-state index in [1.165, 1.54) is 22.4 Å². The zero-order valence-electron chi connectivity index (χ0n) is 13.0. The molecule has 2 nitrogen and oxygen atoms in total. The molecule has 0 fully saturated rings. The van der Waals surface area contributed by atoms with Crippen molar-refractivity contribution < 1.29 is 0 Å². The summed E-state index contributed by atoms with van der Waals surface area (Å²) < 4.78 is 0. The third-order valence-corrected chi connectivity index (χ3v) is 5.49. The predicted octanol–water partition coefficient (Wildman–Crippen LogP) is 5.20. The number of nitrogens with zero attached hydrogens (tertiary/aromatic N) is 2. The average molecular weight is 318 g/mol. The summed E-state index contributed by atoms with van der Waals surface area (Å²) in [5.41, 5.74) is 5.16. The van der Waals surface area contributed by atoms with Crippen molar-refractivity contribution in [3.05, 3.63) is 89.6 Å². The minimum Gasteiger partial charge on any atom is -0.351 e. The molecule has 1 aromatic heterocycles. The van der Waals surface area contributed by atoms with E-state index < -0.39 is 0 Å². The smallest absolute Gasteiger partial charge is 0.107 e. The lowest BCUT2D eigenvalue weighted by molar-refractivity contribution is 0.741. The van der Waals surface area contributed by atoms with Gasteiger partial charge in [-0.2, -0.15) is 0 Å². The predicted molar refractivity (Wildman–Crippen MR) is 96.6 cm³/mol. The fourth-order valence-corrected chi connectivity index (χ4v) is 4.15. The molecule has 0 spiro atoms. The number of anilines is 1. The number of fused-ring (bicyclic) bond motifs is 1. The van der Waals surface area contributed by atoms with Gasteiger partial charge in [0.1, 0.15) is 10.4 Å². The lowest BCUT2D eigenvalue weighted by Gasteiger charge is -2.37. The molecule has 1 aliphatic rings. The van der Waals surface area contributed by atoms with Crippen LogP contribution in [-0.4, -0.2) is 4.98 Å². The van der Waals surface area contributed by atoms with Crippen LogP contribution < -0.4 is 4.90 Å². The van der Waals surface area contributed by atoms with Gasteiger partial charge in [0, 0.05) is 24.0 Å². The van der Waals surface area contributed by atoms with E-state index >= 15 is 0 Å². The van der Waals surface area contributed by atoms with Crippen LogP contribution in [0.5, 0.6) is 0 Å². The SMILES string of the molecule is Cc1ccc(N2Cc3cccnc3SC2c2ccccc2)cc1. The van der Waals surface area contributed by atoms with Gasteiger partial charge in [0.2, 0.25) is 0 Å². The van der Waals surface area contributed by atoms with Crippen LogP contribution in [0, 0.1) is 6.92 Å². The Hall–Kier alpha value is -2.26. The normalized spacial score (nSPS) is 16.9. The highest BCUT2D eigenvalue weighted by molar-refractivity contribution is 7.99. The summed E-state index contributed by atoms with van der Waals surface area (Å²) in [4.78, 5) is 7.04. The van der Waals surface area contributed by atoms with E-state index in [2.05, 4.69) is 77.5 Å². The van der Waals surface area contributed by atoms with Gasteiger partial charge in [-0.1, -0.05) is 65.9 Å². The van der Waals surface area contributed by atoms with Gasteiger partial charge in [0.05, 0.1) is 0 Å². The third kappa shape index (κ3) is 2.84. The molecule has 3 aromatic rings. The van der Waals surface area contributed by atoms with Crippen molar-refractivity contribution in [3.63, 3.8) is 0 Å². The number of aryl methyl sites for hydroxylation is 1. The van der Waals surface area contributed by atoms with E-state index in [4.69, 9.17) is 0 Å². The Balaban J connectivity index is 1.78. The van der Waals surface area contributed by atoms with Gasteiger partial charge in [-0.25, -0.2) is 4.98 Å². The Morgan fingerprint density at radius 1 is 0.957 bits per heavy atom. The van der Waals surface area contributed by atoms with Crippen LogP contribution in [0.1, 0.15) is 22.1 Å². The minimum absolute atomic E-state index is 0.251. The maximum atomic E-state index is 4.57. The van der Waals surface area contributed by atoms with E-state index in [0.717, 1.165) is 11.6 Å². The van der Waals surface area contributed by atoms with Crippen molar-refractivity contribution in [2.75, 3.05) is 4.90 Å². The van der Waals surface area contributed by atoms with Crippen molar-refractivity contribution in [2.24, 2.45) is 0 Å². The number of pyridine rings is 1. The number of rotatable bonds is 2. The van der Waals surface area contributed by atoms with Crippen LogP contribution in [0.3, 0.4) is 0 Å². The Kier molecular flexibility index (Phi) is 3.80. The Morgan fingerprint density at radius 2 is 1.74 bits per heavy atom. The molecule has 2 aromatic carbocycles. The highest BCUT2D eigenvalue weighted by Crippen LogP contribution is 2.45. The largest absolute Gasteiger partial charge is 0.351 e. The molecule has 1 unspecified atom stereocenters. The summed E-state index contributed by atoms with van der Waals surface area (Å²) in [7, 11) is 0. The quantitative estimate of drug-likeness (QED) is 0.646. The van der Waals surface area contributed by atoms with Gasteiger partial charge < -0.3 is 4.90 Å². The molecule has 0 N–H and O–H groups in total. The van der Waals surface area contributed by atoms with Crippen molar-refractivity contribution in [1.82, 2.24) is 4.98 Å². The zero-order valence-corrected chi connectivity index (χ0v) is 13.8. The van der Waals surface area contributed by atoms with Gasteiger partial charge in [0.15, 0.2) is 0 Å². The Labute approximate surface area is 141 Å². The molecule has 0 saturated carbocycles. The van der Waals surface area contributed by atoms with Crippen LogP contribution in [0.25, 0.3) is 0 Å². The zero-order chi connectivity index (χ0) is 15.6. The second-order valence-electron chi connectivity index (χ2n) is 5.81. The second kappa shape index (κ2) is 6.09. The lowest BCUT2D eigenvalue weighted by Crippen LogP contribution is -2.30. The maximum Gasteiger partial charge on any atom is 0.107 e. The number of aromatic nitrogens is 1. The molecule has 1 atom stereocenters. The summed E-state index contributed by atoms with van der Waals surface area (Å²) in [6.45, 7) is 3.02. The number of hydrogen-bond donors (Lipinski definition) is 0. The summed E-state index contributed by atoms with van der Waals surface area (Å²) in [5, 5.41) is 1.39. The third-order valence-electron chi connectivity index (χ3n) is 4.15. The molecule has 3 heteroatoms. The monoisotopic (exact) mass is 318 g/mol. The van der Waals surface area contributed by atoms with Gasteiger partial charge in [-0.3, -0.25) is 0 Å². The van der Waals surface area contributed by atoms with Crippen LogP contribution in [0.15, 0.2) is 78.0 Å². The fraction of sp³-hybridized carbons (Fsp3) is 0.150. The van der Waals surface area contributed by atoms with Crippen LogP contribution in [0.4, 0.5) is 5.69 Å². The van der Waals surface area contributed by atoms with Crippen LogP contribution in [0.2, 0.25) is 0 Å². The molecular weight excluding hydrogens is 300 g/mol. The highest BCUT2D eigenvalue weighted by atomic mass is 32.2. The maximum absolute atomic E-state index is 4.57. The van der Waals surface area contributed by atoms with Gasteiger partial charge in [-0.05, 0) is 30.7 Å². The minimum atomic E-state index is 0.251. The first-order valence-corrected chi connectivity index (χ1v) is 8.68. The molecule has 1 aliphatic heterocycles. The van der Waals surface area contributed by atoms with Crippen molar-refractivity contribution in [2.45, 2.75) is 23.9 Å². The molecule has 4 rings (SSSR count). The van der Waals surface area contributed by atoms with E-state index in [0.29, 0.717) is 0 Å². The molecule has 0 saturated heterocycles. The number of thioether (sulfide) groups is 1. The molecule has 0 aliphatic carbocycles. The molecule has 114 valence electrons. The summed E-state index contributed by atoms with van der Waals surface area (Å²) in [6.07, 6.45) is 1.88. The van der Waals surface area contributed by atoms with Crippen LogP contribution >= 0.6 is 11.8 Å². The average Bonchev–Trinajstić information content (AvgIpc) is 2.62. The first-order chi connectivity index (χ1) is 11.3. The van der Waals surface area contributed by atoms with Crippen molar-refractivity contribution in [1.29, 1.82) is 0 Å². The van der Waals surface area contributed by atoms with E-state index in [9.17, 15) is 0 Å². The van der Waals surface area contributed by atoms with E-state index in [1.54, 1.807) is 0 Å². The number of hydrogen-bond acceptors (Lipinski definition) is 3. The van der Waals surface area contributed by atoms with E-state index in [-0.39, 0.29) is 5.37 Å². The topological polar surface area (TPSA) is 16.1 Å². The highest BCUT2D eigenvalue weighted by Gasteiger charge is 2.29. The van der Waals surface area contributed by atoms with Gasteiger partial charge >= 0.3 is 0 Å². The van der Waals surface area contributed by atoms with Gasteiger partial charge in [0.25, 0.3) is 0 Å². The Bertz CT molecular complexity index is 799. The Morgan fingerprint density at radius 3 is 2.52 bits per heavy atom. The standard InChI is InChI=1S/C20H18N2S/c1-15-9-11-18(12-10-15)22-14-17-8-5-13-21-19(17)23-20(22)16-6-3-2-4-7-16/h2-13,20H,14H2,1H3. The van der Waals surface area contributed by atoms with Crippen molar-refractivity contribution >= 4 is 17.4 Å². The van der Waals surface area contributed by atoms with E-state index in [1.807, 2.05) is 24.0 Å². The van der Waals surface area contributed by atoms with Gasteiger partial charge in [-0.15, -0.1) is 0 Å². The molecule has 0 bridgehead atoms. The lowest BCUT2D eigenvalue weighted by atomic mass is 10.1. The first-order valence-electron chi connectivity index (χ1n) is 7.80. The fourth-order valence-electron chi connectivity index (χ4n) is 2.91. The molecule has 2 heterocycles. The number of benzene rings is 2. The van der Waals surface area contributed by atoms with Crippen molar-refractivity contribution in [3.8, 4) is 0 Å².